The van der Waals surface area contributed by atoms with E-state index in [1.54, 1.807) is 12.1 Å². The van der Waals surface area contributed by atoms with Gasteiger partial charge in [0, 0.05) is 10.5 Å². The van der Waals surface area contributed by atoms with E-state index in [1.807, 2.05) is 13.0 Å². The normalized spacial score (nSPS) is 11.4. The van der Waals surface area contributed by atoms with E-state index < -0.39 is 21.8 Å². The van der Waals surface area contributed by atoms with Crippen LogP contribution in [0.15, 0.2) is 42.7 Å². The maximum absolute atomic E-state index is 12.3. The minimum atomic E-state index is -3.96. The second-order valence-electron chi connectivity index (χ2n) is 4.18. The number of nitrogens with one attached hydrogen (secondary N) is 1. The van der Waals surface area contributed by atoms with Crippen LogP contribution in [0.25, 0.3) is 0 Å². The highest BCUT2D eigenvalue weighted by Gasteiger charge is 2.25. The molecule has 0 aliphatic carbocycles. The summed E-state index contributed by atoms with van der Waals surface area (Å²) in [6.07, 6.45) is 0. The molecule has 0 spiro atoms. The molecule has 0 aliphatic rings. The van der Waals surface area contributed by atoms with Crippen molar-refractivity contribution >= 4 is 53.5 Å². The first-order valence-electron chi connectivity index (χ1n) is 5.51. The van der Waals surface area contributed by atoms with Gasteiger partial charge in [0.2, 0.25) is 5.76 Å². The smallest absolute Gasteiger partial charge is 0.371 e. The van der Waals surface area contributed by atoms with Crippen LogP contribution in [0.1, 0.15) is 16.1 Å². The van der Waals surface area contributed by atoms with Crippen LogP contribution in [0.2, 0.25) is 0 Å². The molecular formula is C12H9Br2NO5S. The van der Waals surface area contributed by atoms with E-state index in [0.29, 0.717) is 5.69 Å². The molecule has 21 heavy (non-hydrogen) atoms. The molecule has 0 atom stereocenters. The van der Waals surface area contributed by atoms with Crippen molar-refractivity contribution in [1.82, 2.24) is 0 Å². The number of carbonyl (C=O) groups is 1. The van der Waals surface area contributed by atoms with Gasteiger partial charge in [-0.05, 0) is 46.6 Å². The molecule has 2 N–H and O–H groups in total. The second-order valence-corrected chi connectivity index (χ2v) is 7.46. The third-order valence-electron chi connectivity index (χ3n) is 2.45. The van der Waals surface area contributed by atoms with Crippen LogP contribution in [0.3, 0.4) is 0 Å². The van der Waals surface area contributed by atoms with Gasteiger partial charge in [-0.3, -0.25) is 4.72 Å². The summed E-state index contributed by atoms with van der Waals surface area (Å²) in [6.45, 7) is 1.82. The van der Waals surface area contributed by atoms with E-state index >= 15 is 0 Å². The lowest BCUT2D eigenvalue weighted by atomic mass is 10.2. The summed E-state index contributed by atoms with van der Waals surface area (Å²) < 4.78 is 32.3. The number of furan rings is 1. The van der Waals surface area contributed by atoms with Crippen LogP contribution in [0.4, 0.5) is 5.69 Å². The molecule has 0 saturated carbocycles. The van der Waals surface area contributed by atoms with E-state index in [1.165, 1.54) is 0 Å². The number of halogens is 2. The lowest BCUT2D eigenvalue weighted by molar-refractivity contribution is 0.0661. The Morgan fingerprint density at radius 2 is 1.90 bits per heavy atom. The van der Waals surface area contributed by atoms with Gasteiger partial charge >= 0.3 is 5.97 Å². The summed E-state index contributed by atoms with van der Waals surface area (Å²) in [7, 11) is -3.96. The Labute approximate surface area is 137 Å². The van der Waals surface area contributed by atoms with E-state index in [-0.39, 0.29) is 9.56 Å². The van der Waals surface area contributed by atoms with Gasteiger partial charge in [-0.15, -0.1) is 0 Å². The van der Waals surface area contributed by atoms with Crippen LogP contribution in [-0.2, 0) is 10.0 Å². The Bertz CT molecular complexity index is 793. The third kappa shape index (κ3) is 3.66. The third-order valence-corrected chi connectivity index (χ3v) is 5.15. The van der Waals surface area contributed by atoms with Crippen LogP contribution in [-0.4, -0.2) is 19.5 Å². The minimum absolute atomic E-state index is 0.167. The first-order valence-corrected chi connectivity index (χ1v) is 8.58. The molecule has 2 aromatic rings. The fourth-order valence-electron chi connectivity index (χ4n) is 1.65. The van der Waals surface area contributed by atoms with Crippen molar-refractivity contribution in [3.8, 4) is 0 Å². The molecule has 0 aliphatic heterocycles. The molecule has 112 valence electrons. The predicted molar refractivity (Wildman–Crippen MR) is 83.1 cm³/mol. The van der Waals surface area contributed by atoms with Crippen molar-refractivity contribution in [3.63, 3.8) is 0 Å². The van der Waals surface area contributed by atoms with Gasteiger partial charge in [0.05, 0.1) is 5.69 Å². The molecule has 2 rings (SSSR count). The average Bonchev–Trinajstić information content (AvgIpc) is 2.70. The first kappa shape index (κ1) is 16.1. The molecule has 0 unspecified atom stereocenters. The molecule has 0 fully saturated rings. The summed E-state index contributed by atoms with van der Waals surface area (Å²) in [4.78, 5) is 10.5. The topological polar surface area (TPSA) is 96.6 Å². The largest absolute Gasteiger partial charge is 0.475 e. The number of rotatable bonds is 4. The number of anilines is 1. The SMILES string of the molecule is Cc1cc(Br)cc(NS(=O)(=O)c2cc(C(=O)O)oc2Br)c1. The number of carboxylic acids is 1. The van der Waals surface area contributed by atoms with Crippen LogP contribution < -0.4 is 4.72 Å². The quantitative estimate of drug-likeness (QED) is 0.759. The van der Waals surface area contributed by atoms with Gasteiger partial charge in [-0.25, -0.2) is 13.2 Å². The monoisotopic (exact) mass is 437 g/mol. The number of hydrogen-bond acceptors (Lipinski definition) is 4. The molecular weight excluding hydrogens is 430 g/mol. The van der Waals surface area contributed by atoms with Crippen molar-refractivity contribution in [2.24, 2.45) is 0 Å². The molecule has 6 nitrogen and oxygen atoms in total. The standard InChI is InChI=1S/C12H9Br2NO5S/c1-6-2-7(13)4-8(3-6)15-21(18,19)10-5-9(12(16)17)20-11(10)14/h2-5,15H,1H3,(H,16,17). The van der Waals surface area contributed by atoms with Gasteiger partial charge in [-0.2, -0.15) is 0 Å². The van der Waals surface area contributed by atoms with Crippen molar-refractivity contribution in [3.05, 3.63) is 44.7 Å². The van der Waals surface area contributed by atoms with Gasteiger partial charge in [0.15, 0.2) is 4.67 Å². The van der Waals surface area contributed by atoms with Gasteiger partial charge in [0.25, 0.3) is 10.0 Å². The van der Waals surface area contributed by atoms with Crippen LogP contribution in [0.5, 0.6) is 0 Å². The summed E-state index contributed by atoms with van der Waals surface area (Å²) >= 11 is 6.18. The minimum Gasteiger partial charge on any atom is -0.475 e. The molecule has 9 heteroatoms. The van der Waals surface area contributed by atoms with Crippen molar-refractivity contribution in [2.75, 3.05) is 4.72 Å². The summed E-state index contributed by atoms with van der Waals surface area (Å²) in [6, 6.07) is 6.01. The summed E-state index contributed by atoms with van der Waals surface area (Å²) in [5.41, 5.74) is 1.21. The maximum Gasteiger partial charge on any atom is 0.371 e. The van der Waals surface area contributed by atoms with Crippen molar-refractivity contribution in [1.29, 1.82) is 0 Å². The number of aryl methyl sites for hydroxylation is 1. The zero-order valence-electron chi connectivity index (χ0n) is 10.6. The first-order chi connectivity index (χ1) is 9.69. The number of carboxylic acid groups (broad SMARTS) is 1. The number of hydrogen-bond donors (Lipinski definition) is 2. The predicted octanol–water partition coefficient (Wildman–Crippen LogP) is 3.61. The highest BCUT2D eigenvalue weighted by molar-refractivity contribution is 9.10. The van der Waals surface area contributed by atoms with E-state index in [9.17, 15) is 13.2 Å². The molecule has 1 aromatic heterocycles. The van der Waals surface area contributed by atoms with Crippen molar-refractivity contribution < 1.29 is 22.7 Å². The van der Waals surface area contributed by atoms with Crippen LogP contribution in [0, 0.1) is 6.92 Å². The van der Waals surface area contributed by atoms with Crippen LogP contribution >= 0.6 is 31.9 Å². The van der Waals surface area contributed by atoms with E-state index in [4.69, 9.17) is 9.52 Å². The molecule has 0 saturated heterocycles. The molecule has 1 aromatic carbocycles. The highest BCUT2D eigenvalue weighted by Crippen LogP contribution is 2.29. The summed E-state index contributed by atoms with van der Waals surface area (Å²) in [5.74, 6) is -1.82. The van der Waals surface area contributed by atoms with Crippen molar-refractivity contribution in [2.45, 2.75) is 11.8 Å². The Hall–Kier alpha value is -1.32. The molecule has 0 bridgehead atoms. The Balaban J connectivity index is 2.40. The zero-order valence-corrected chi connectivity index (χ0v) is 14.5. The summed E-state index contributed by atoms with van der Waals surface area (Å²) in [5, 5.41) is 8.81. The molecule has 0 amide bonds. The zero-order chi connectivity index (χ0) is 15.8. The number of benzene rings is 1. The Morgan fingerprint density at radius 3 is 2.43 bits per heavy atom. The van der Waals surface area contributed by atoms with Gasteiger partial charge in [0.1, 0.15) is 4.90 Å². The maximum atomic E-state index is 12.3. The lowest BCUT2D eigenvalue weighted by Gasteiger charge is -2.08. The van der Waals surface area contributed by atoms with E-state index in [0.717, 1.165) is 16.1 Å². The molecule has 1 heterocycles. The van der Waals surface area contributed by atoms with E-state index in [2.05, 4.69) is 36.6 Å². The lowest BCUT2D eigenvalue weighted by Crippen LogP contribution is -2.12. The highest BCUT2D eigenvalue weighted by atomic mass is 79.9. The fourth-order valence-corrected chi connectivity index (χ4v) is 4.24. The Morgan fingerprint density at radius 1 is 1.24 bits per heavy atom. The fraction of sp³-hybridized carbons (Fsp3) is 0.0833. The molecule has 0 radical (unpaired) electrons. The van der Waals surface area contributed by atoms with Gasteiger partial charge in [-0.1, -0.05) is 15.9 Å². The Kier molecular flexibility index (Phi) is 4.45. The van der Waals surface area contributed by atoms with Gasteiger partial charge < -0.3 is 9.52 Å². The number of sulfonamides is 1. The second kappa shape index (κ2) is 5.82. The average molecular weight is 439 g/mol. The number of aromatic carboxylic acids is 1.